The monoisotopic (exact) mass is 365 g/mol. The lowest BCUT2D eigenvalue weighted by Crippen LogP contribution is -2.63. The van der Waals surface area contributed by atoms with E-state index in [0.29, 0.717) is 31.2 Å². The zero-order valence-corrected chi connectivity index (χ0v) is 15.8. The number of amides is 2. The summed E-state index contributed by atoms with van der Waals surface area (Å²) in [6.07, 6.45) is 6.79. The first-order valence-electron chi connectivity index (χ1n) is 10.1. The fourth-order valence-corrected chi connectivity index (χ4v) is 5.36. The summed E-state index contributed by atoms with van der Waals surface area (Å²) < 4.78 is 10.7. The van der Waals surface area contributed by atoms with E-state index in [4.69, 9.17) is 9.47 Å². The number of ether oxygens (including phenoxy) is 2. The standard InChI is InChI=1S/C19H31N3O4/c1-25-19(24)22-16-10-15(11-17(22)13-26-12-16)20-8-5-14(6-9-20)21-7-3-2-4-18(21)23/h14-17H,2-13H2,1H3. The van der Waals surface area contributed by atoms with Crippen molar-refractivity contribution < 1.29 is 19.1 Å². The van der Waals surface area contributed by atoms with Crippen molar-refractivity contribution in [3.8, 4) is 0 Å². The number of fused-ring (bicyclic) bond motifs is 2. The smallest absolute Gasteiger partial charge is 0.410 e. The van der Waals surface area contributed by atoms with Crippen molar-refractivity contribution in [3.63, 3.8) is 0 Å². The van der Waals surface area contributed by atoms with Crippen LogP contribution in [0.1, 0.15) is 44.9 Å². The lowest BCUT2D eigenvalue weighted by atomic mass is 9.87. The number of hydrogen-bond acceptors (Lipinski definition) is 5. The second kappa shape index (κ2) is 7.72. The normalized spacial score (nSPS) is 34.0. The van der Waals surface area contributed by atoms with Gasteiger partial charge < -0.3 is 19.3 Å². The minimum Gasteiger partial charge on any atom is -0.453 e. The molecule has 146 valence electrons. The number of carbonyl (C=O) groups excluding carboxylic acids is 2. The highest BCUT2D eigenvalue weighted by atomic mass is 16.5. The highest BCUT2D eigenvalue weighted by Gasteiger charge is 2.44. The fourth-order valence-electron chi connectivity index (χ4n) is 5.36. The number of likely N-dealkylation sites (tertiary alicyclic amines) is 2. The maximum Gasteiger partial charge on any atom is 0.410 e. The Morgan fingerprint density at radius 1 is 1.00 bits per heavy atom. The van der Waals surface area contributed by atoms with Gasteiger partial charge in [-0.15, -0.1) is 0 Å². The van der Waals surface area contributed by atoms with Crippen LogP contribution < -0.4 is 0 Å². The van der Waals surface area contributed by atoms with Gasteiger partial charge in [0.25, 0.3) is 0 Å². The molecule has 2 bridgehead atoms. The Morgan fingerprint density at radius 3 is 2.31 bits per heavy atom. The minimum atomic E-state index is -0.218. The largest absolute Gasteiger partial charge is 0.453 e. The molecule has 0 spiro atoms. The van der Waals surface area contributed by atoms with Gasteiger partial charge in [0.05, 0.1) is 32.4 Å². The van der Waals surface area contributed by atoms with Crippen LogP contribution in [0.3, 0.4) is 0 Å². The number of piperidine rings is 3. The van der Waals surface area contributed by atoms with E-state index in [2.05, 4.69) is 9.80 Å². The molecule has 7 heteroatoms. The second-order valence-electron chi connectivity index (χ2n) is 8.16. The lowest BCUT2D eigenvalue weighted by Gasteiger charge is -2.51. The Morgan fingerprint density at radius 2 is 1.69 bits per heavy atom. The van der Waals surface area contributed by atoms with Crippen LogP contribution in [0.4, 0.5) is 4.79 Å². The quantitative estimate of drug-likeness (QED) is 0.741. The molecule has 2 amide bonds. The molecule has 4 rings (SSSR count). The van der Waals surface area contributed by atoms with Crippen molar-refractivity contribution in [2.45, 2.75) is 69.1 Å². The van der Waals surface area contributed by atoms with E-state index < -0.39 is 0 Å². The molecule has 0 radical (unpaired) electrons. The SMILES string of the molecule is COC(=O)N1C2COCC1CC(N1CCC(N3CCCCC3=O)CC1)C2. The van der Waals surface area contributed by atoms with Crippen LogP contribution in [0.25, 0.3) is 0 Å². The van der Waals surface area contributed by atoms with E-state index in [-0.39, 0.29) is 18.2 Å². The molecule has 0 aliphatic carbocycles. The molecule has 7 nitrogen and oxygen atoms in total. The summed E-state index contributed by atoms with van der Waals surface area (Å²) in [5, 5.41) is 0. The van der Waals surface area contributed by atoms with Gasteiger partial charge in [0.1, 0.15) is 0 Å². The minimum absolute atomic E-state index is 0.126. The molecule has 0 aromatic rings. The molecular weight excluding hydrogens is 334 g/mol. The highest BCUT2D eigenvalue weighted by molar-refractivity contribution is 5.77. The predicted octanol–water partition coefficient (Wildman–Crippen LogP) is 1.46. The van der Waals surface area contributed by atoms with E-state index in [1.54, 1.807) is 0 Å². The number of rotatable bonds is 2. The molecule has 2 atom stereocenters. The van der Waals surface area contributed by atoms with Crippen molar-refractivity contribution >= 4 is 12.0 Å². The van der Waals surface area contributed by atoms with Gasteiger partial charge in [0, 0.05) is 38.1 Å². The van der Waals surface area contributed by atoms with Gasteiger partial charge >= 0.3 is 6.09 Å². The summed E-state index contributed by atoms with van der Waals surface area (Å²) >= 11 is 0. The van der Waals surface area contributed by atoms with Crippen molar-refractivity contribution in [3.05, 3.63) is 0 Å². The van der Waals surface area contributed by atoms with Gasteiger partial charge in [-0.2, -0.15) is 0 Å². The van der Waals surface area contributed by atoms with E-state index in [1.807, 2.05) is 4.90 Å². The Hall–Kier alpha value is -1.34. The Balaban J connectivity index is 1.34. The molecule has 0 saturated carbocycles. The van der Waals surface area contributed by atoms with E-state index >= 15 is 0 Å². The predicted molar refractivity (Wildman–Crippen MR) is 95.8 cm³/mol. The average molecular weight is 365 g/mol. The first-order valence-corrected chi connectivity index (χ1v) is 10.1. The molecule has 4 aliphatic heterocycles. The van der Waals surface area contributed by atoms with Crippen LogP contribution in [-0.2, 0) is 14.3 Å². The summed E-state index contributed by atoms with van der Waals surface area (Å²) in [4.78, 5) is 30.9. The van der Waals surface area contributed by atoms with Crippen LogP contribution in [0, 0.1) is 0 Å². The van der Waals surface area contributed by atoms with Gasteiger partial charge in [0.15, 0.2) is 0 Å². The van der Waals surface area contributed by atoms with E-state index in [9.17, 15) is 9.59 Å². The number of methoxy groups -OCH3 is 1. The van der Waals surface area contributed by atoms with Crippen molar-refractivity contribution in [2.24, 2.45) is 0 Å². The number of hydrogen-bond donors (Lipinski definition) is 0. The zero-order valence-electron chi connectivity index (χ0n) is 15.8. The third kappa shape index (κ3) is 3.43. The van der Waals surface area contributed by atoms with Crippen molar-refractivity contribution in [1.29, 1.82) is 0 Å². The molecular formula is C19H31N3O4. The zero-order chi connectivity index (χ0) is 18.1. The molecule has 2 unspecified atom stereocenters. The Bertz CT molecular complexity index is 521. The summed E-state index contributed by atoms with van der Waals surface area (Å²) in [6, 6.07) is 1.19. The lowest BCUT2D eigenvalue weighted by molar-refractivity contribution is -0.137. The van der Waals surface area contributed by atoms with Crippen LogP contribution in [-0.4, -0.2) is 90.8 Å². The molecule has 4 saturated heterocycles. The van der Waals surface area contributed by atoms with E-state index in [0.717, 1.165) is 64.6 Å². The van der Waals surface area contributed by atoms with Gasteiger partial charge in [-0.25, -0.2) is 4.79 Å². The molecule has 0 aromatic heterocycles. The molecule has 4 fully saturated rings. The number of nitrogens with zero attached hydrogens (tertiary/aromatic N) is 3. The van der Waals surface area contributed by atoms with Crippen molar-refractivity contribution in [2.75, 3.05) is 40.0 Å². The summed E-state index contributed by atoms with van der Waals surface area (Å²) in [7, 11) is 1.46. The van der Waals surface area contributed by atoms with Crippen LogP contribution in [0.15, 0.2) is 0 Å². The van der Waals surface area contributed by atoms with Gasteiger partial charge in [-0.05, 0) is 38.5 Å². The molecule has 4 heterocycles. The van der Waals surface area contributed by atoms with E-state index in [1.165, 1.54) is 7.11 Å². The topological polar surface area (TPSA) is 62.3 Å². The van der Waals surface area contributed by atoms with Gasteiger partial charge in [0.2, 0.25) is 5.91 Å². The van der Waals surface area contributed by atoms with Crippen molar-refractivity contribution in [1.82, 2.24) is 14.7 Å². The molecule has 0 N–H and O–H groups in total. The van der Waals surface area contributed by atoms with Crippen LogP contribution in [0.2, 0.25) is 0 Å². The third-order valence-corrected chi connectivity index (χ3v) is 6.70. The molecule has 0 aromatic carbocycles. The van der Waals surface area contributed by atoms with Crippen LogP contribution >= 0.6 is 0 Å². The van der Waals surface area contributed by atoms with Crippen LogP contribution in [0.5, 0.6) is 0 Å². The fraction of sp³-hybridized carbons (Fsp3) is 0.895. The molecule has 4 aliphatic rings. The third-order valence-electron chi connectivity index (χ3n) is 6.70. The van der Waals surface area contributed by atoms with Gasteiger partial charge in [-0.3, -0.25) is 9.69 Å². The summed E-state index contributed by atoms with van der Waals surface area (Å²) in [6.45, 7) is 4.28. The Labute approximate surface area is 155 Å². The summed E-state index contributed by atoms with van der Waals surface area (Å²) in [5.74, 6) is 0.354. The first kappa shape index (κ1) is 18.0. The first-order chi connectivity index (χ1) is 12.7. The maximum atomic E-state index is 12.2. The number of carbonyl (C=O) groups is 2. The maximum absolute atomic E-state index is 12.2. The average Bonchev–Trinajstić information content (AvgIpc) is 2.67. The second-order valence-corrected chi connectivity index (χ2v) is 8.16. The highest BCUT2D eigenvalue weighted by Crippen LogP contribution is 2.33. The number of morpholine rings is 1. The molecule has 26 heavy (non-hydrogen) atoms. The Kier molecular flexibility index (Phi) is 5.36. The van der Waals surface area contributed by atoms with Gasteiger partial charge in [-0.1, -0.05) is 0 Å². The summed E-state index contributed by atoms with van der Waals surface area (Å²) in [5.41, 5.74) is 0.